The van der Waals surface area contributed by atoms with Gasteiger partial charge in [0.05, 0.1) is 46.2 Å². The van der Waals surface area contributed by atoms with Gasteiger partial charge >= 0.3 is 0 Å². The van der Waals surface area contributed by atoms with Gasteiger partial charge in [-0.05, 0) is 12.0 Å². The molecule has 1 unspecified atom stereocenters. The zero-order valence-corrected chi connectivity index (χ0v) is 13.1. The van der Waals surface area contributed by atoms with Crippen molar-refractivity contribution < 1.29 is 23.7 Å². The lowest BCUT2D eigenvalue weighted by Gasteiger charge is -2.18. The maximum absolute atomic E-state index is 5.78. The standard InChI is InChI=1S/C17H26O5/c1-2-5-16(6-3-1)13-21-15-17-14-20-10-9-18-7-4-8-19-11-12-22-17/h1-3,5-6,17H,4,7-15H2. The Balaban J connectivity index is 1.68. The van der Waals surface area contributed by atoms with Crippen LogP contribution in [-0.2, 0) is 30.3 Å². The molecular formula is C17H26O5. The number of hydrogen-bond acceptors (Lipinski definition) is 5. The third-order valence-electron chi connectivity index (χ3n) is 3.25. The third-order valence-corrected chi connectivity index (χ3v) is 3.25. The van der Waals surface area contributed by atoms with E-state index in [-0.39, 0.29) is 6.10 Å². The molecule has 1 aliphatic heterocycles. The fourth-order valence-corrected chi connectivity index (χ4v) is 2.10. The summed E-state index contributed by atoms with van der Waals surface area (Å²) in [6.45, 7) is 5.37. The van der Waals surface area contributed by atoms with Crippen molar-refractivity contribution in [3.8, 4) is 0 Å². The van der Waals surface area contributed by atoms with Crippen LogP contribution in [-0.4, -0.2) is 59.0 Å². The minimum atomic E-state index is -0.0759. The highest BCUT2D eigenvalue weighted by Gasteiger charge is 2.11. The number of ether oxygens (including phenoxy) is 5. The summed E-state index contributed by atoms with van der Waals surface area (Å²) in [4.78, 5) is 0. The van der Waals surface area contributed by atoms with E-state index in [1.807, 2.05) is 30.3 Å². The van der Waals surface area contributed by atoms with Crippen LogP contribution in [0.3, 0.4) is 0 Å². The SMILES string of the molecule is c1ccc(COCC2COCCOCCCOCCO2)cc1. The van der Waals surface area contributed by atoms with Crippen molar-refractivity contribution in [3.05, 3.63) is 35.9 Å². The molecule has 0 aromatic heterocycles. The van der Waals surface area contributed by atoms with Crippen LogP contribution in [0.4, 0.5) is 0 Å². The molecule has 0 bridgehead atoms. The second-order valence-electron chi connectivity index (χ2n) is 5.15. The van der Waals surface area contributed by atoms with Gasteiger partial charge in [-0.1, -0.05) is 30.3 Å². The fraction of sp³-hybridized carbons (Fsp3) is 0.647. The molecule has 124 valence electrons. The quantitative estimate of drug-likeness (QED) is 0.851. The summed E-state index contributed by atoms with van der Waals surface area (Å²) in [6.07, 6.45) is 0.830. The van der Waals surface area contributed by atoms with Gasteiger partial charge in [-0.15, -0.1) is 0 Å². The van der Waals surface area contributed by atoms with Crippen molar-refractivity contribution in [2.75, 3.05) is 52.9 Å². The average Bonchev–Trinajstić information content (AvgIpc) is 2.58. The molecule has 1 aromatic carbocycles. The van der Waals surface area contributed by atoms with Gasteiger partial charge in [-0.25, -0.2) is 0 Å². The predicted octanol–water partition coefficient (Wildman–Crippen LogP) is 2.04. The van der Waals surface area contributed by atoms with Crippen LogP contribution in [0.2, 0.25) is 0 Å². The molecule has 1 aliphatic rings. The Labute approximate surface area is 132 Å². The monoisotopic (exact) mass is 310 g/mol. The fourth-order valence-electron chi connectivity index (χ4n) is 2.10. The highest BCUT2D eigenvalue weighted by atomic mass is 16.6. The van der Waals surface area contributed by atoms with Gasteiger partial charge in [0.25, 0.3) is 0 Å². The highest BCUT2D eigenvalue weighted by molar-refractivity contribution is 5.13. The normalized spacial score (nSPS) is 22.3. The molecule has 1 saturated heterocycles. The summed E-state index contributed by atoms with van der Waals surface area (Å²) < 4.78 is 28.0. The highest BCUT2D eigenvalue weighted by Crippen LogP contribution is 2.03. The van der Waals surface area contributed by atoms with Gasteiger partial charge < -0.3 is 23.7 Å². The van der Waals surface area contributed by atoms with Crippen LogP contribution in [0.25, 0.3) is 0 Å². The van der Waals surface area contributed by atoms with Gasteiger partial charge in [0.15, 0.2) is 0 Å². The first-order chi connectivity index (χ1) is 10.9. The van der Waals surface area contributed by atoms with Crippen molar-refractivity contribution >= 4 is 0 Å². The Morgan fingerprint density at radius 2 is 1.59 bits per heavy atom. The summed E-state index contributed by atoms with van der Waals surface area (Å²) in [5, 5.41) is 0. The zero-order chi connectivity index (χ0) is 15.3. The second-order valence-corrected chi connectivity index (χ2v) is 5.15. The van der Waals surface area contributed by atoms with E-state index in [1.54, 1.807) is 0 Å². The Morgan fingerprint density at radius 3 is 2.41 bits per heavy atom. The van der Waals surface area contributed by atoms with Crippen LogP contribution in [0, 0.1) is 0 Å². The molecule has 0 amide bonds. The van der Waals surface area contributed by atoms with Crippen LogP contribution in [0.1, 0.15) is 12.0 Å². The summed E-state index contributed by atoms with van der Waals surface area (Å²) >= 11 is 0. The van der Waals surface area contributed by atoms with Crippen molar-refractivity contribution in [1.29, 1.82) is 0 Å². The van der Waals surface area contributed by atoms with Crippen LogP contribution in [0.5, 0.6) is 0 Å². The summed E-state index contributed by atoms with van der Waals surface area (Å²) in [5.41, 5.74) is 1.16. The van der Waals surface area contributed by atoms with Crippen LogP contribution < -0.4 is 0 Å². The van der Waals surface area contributed by atoms with Gasteiger partial charge in [0.2, 0.25) is 0 Å². The molecule has 5 nitrogen and oxygen atoms in total. The molecule has 1 aromatic rings. The molecular weight excluding hydrogens is 284 g/mol. The minimum Gasteiger partial charge on any atom is -0.379 e. The molecule has 1 heterocycles. The molecule has 22 heavy (non-hydrogen) atoms. The smallest absolute Gasteiger partial charge is 0.104 e. The lowest BCUT2D eigenvalue weighted by Crippen LogP contribution is -2.28. The zero-order valence-electron chi connectivity index (χ0n) is 13.1. The molecule has 5 heteroatoms. The Hall–Kier alpha value is -0.980. The Morgan fingerprint density at radius 1 is 0.864 bits per heavy atom. The second kappa shape index (κ2) is 11.6. The average molecular weight is 310 g/mol. The van der Waals surface area contributed by atoms with Crippen LogP contribution in [0.15, 0.2) is 30.3 Å². The largest absolute Gasteiger partial charge is 0.379 e. The Bertz CT molecular complexity index is 357. The van der Waals surface area contributed by atoms with Crippen molar-refractivity contribution in [1.82, 2.24) is 0 Å². The molecule has 0 radical (unpaired) electrons. The third kappa shape index (κ3) is 7.87. The van der Waals surface area contributed by atoms with E-state index in [4.69, 9.17) is 23.7 Å². The predicted molar refractivity (Wildman–Crippen MR) is 82.9 cm³/mol. The molecule has 0 N–H and O–H groups in total. The van der Waals surface area contributed by atoms with Crippen molar-refractivity contribution in [2.24, 2.45) is 0 Å². The van der Waals surface area contributed by atoms with Crippen molar-refractivity contribution in [2.45, 2.75) is 19.1 Å². The number of benzene rings is 1. The van der Waals surface area contributed by atoms with Gasteiger partial charge in [-0.3, -0.25) is 0 Å². The minimum absolute atomic E-state index is 0.0759. The molecule has 2 rings (SSSR count). The summed E-state index contributed by atoms with van der Waals surface area (Å²) in [6, 6.07) is 10.1. The summed E-state index contributed by atoms with van der Waals surface area (Å²) in [5.74, 6) is 0. The first-order valence-corrected chi connectivity index (χ1v) is 7.91. The topological polar surface area (TPSA) is 46.2 Å². The lowest BCUT2D eigenvalue weighted by molar-refractivity contribution is -0.0773. The van der Waals surface area contributed by atoms with E-state index in [2.05, 4.69) is 0 Å². The Kier molecular flexibility index (Phi) is 9.14. The van der Waals surface area contributed by atoms with E-state index in [9.17, 15) is 0 Å². The van der Waals surface area contributed by atoms with E-state index < -0.39 is 0 Å². The number of rotatable bonds is 4. The summed E-state index contributed by atoms with van der Waals surface area (Å²) in [7, 11) is 0. The molecule has 0 saturated carbocycles. The van der Waals surface area contributed by atoms with Crippen LogP contribution >= 0.6 is 0 Å². The van der Waals surface area contributed by atoms with E-state index in [1.165, 1.54) is 0 Å². The van der Waals surface area contributed by atoms with Gasteiger partial charge in [0, 0.05) is 13.2 Å². The maximum atomic E-state index is 5.78. The van der Waals surface area contributed by atoms with E-state index in [0.717, 1.165) is 12.0 Å². The van der Waals surface area contributed by atoms with Gasteiger partial charge in [-0.2, -0.15) is 0 Å². The molecule has 0 spiro atoms. The maximum Gasteiger partial charge on any atom is 0.104 e. The van der Waals surface area contributed by atoms with E-state index >= 15 is 0 Å². The van der Waals surface area contributed by atoms with Crippen molar-refractivity contribution in [3.63, 3.8) is 0 Å². The molecule has 0 aliphatic carbocycles. The first-order valence-electron chi connectivity index (χ1n) is 7.91. The first kappa shape index (κ1) is 17.4. The lowest BCUT2D eigenvalue weighted by atomic mass is 10.2. The molecule has 1 atom stereocenters. The number of hydrogen-bond donors (Lipinski definition) is 0. The van der Waals surface area contributed by atoms with Gasteiger partial charge in [0.1, 0.15) is 6.10 Å². The van der Waals surface area contributed by atoms with E-state index in [0.29, 0.717) is 59.5 Å². The molecule has 1 fully saturated rings.